The first-order valence-electron chi connectivity index (χ1n) is 12.6. The Morgan fingerprint density at radius 2 is 1.92 bits per heavy atom. The zero-order valence-electron chi connectivity index (χ0n) is 21.2. The number of nitrogens with zero attached hydrogens (tertiary/aromatic N) is 6. The van der Waals surface area contributed by atoms with E-state index in [0.717, 1.165) is 5.56 Å². The first-order valence-corrected chi connectivity index (χ1v) is 12.6. The maximum atomic E-state index is 12.1. The van der Waals surface area contributed by atoms with Crippen LogP contribution in [0.5, 0.6) is 0 Å². The maximum absolute atomic E-state index is 12.1. The molecule has 1 fully saturated rings. The van der Waals surface area contributed by atoms with Crippen molar-refractivity contribution in [3.05, 3.63) is 65.5 Å². The Morgan fingerprint density at radius 3 is 2.72 bits per heavy atom. The largest absolute Gasteiger partial charge is 0.394 e. The molecule has 0 aliphatic carbocycles. The second-order valence-electron chi connectivity index (χ2n) is 9.19. The third-order valence-electron chi connectivity index (χ3n) is 6.59. The van der Waals surface area contributed by atoms with Crippen molar-refractivity contribution >= 4 is 29.4 Å². The molecule has 0 bridgehead atoms. The highest BCUT2D eigenvalue weighted by Gasteiger charge is 2.27. The summed E-state index contributed by atoms with van der Waals surface area (Å²) in [6.45, 7) is 4.21. The van der Waals surface area contributed by atoms with Gasteiger partial charge in [0.25, 0.3) is 17.7 Å². The number of benzene rings is 1. The van der Waals surface area contributed by atoms with E-state index in [4.69, 9.17) is 9.26 Å². The van der Waals surface area contributed by atoms with Crippen molar-refractivity contribution in [2.24, 2.45) is 0 Å². The fraction of sp³-hybridized carbons (Fsp3) is 0.308. The van der Waals surface area contributed by atoms with Crippen molar-refractivity contribution in [2.75, 3.05) is 48.4 Å². The van der Waals surface area contributed by atoms with Crippen LogP contribution in [0.2, 0.25) is 0 Å². The van der Waals surface area contributed by atoms with Crippen molar-refractivity contribution in [2.45, 2.75) is 19.0 Å². The summed E-state index contributed by atoms with van der Waals surface area (Å²) in [5.41, 5.74) is 2.57. The molecule has 3 aromatic heterocycles. The third-order valence-corrected chi connectivity index (χ3v) is 6.59. The molecule has 0 saturated carbocycles. The van der Waals surface area contributed by atoms with Crippen LogP contribution in [0.4, 0.5) is 23.5 Å². The van der Waals surface area contributed by atoms with Gasteiger partial charge in [-0.15, -0.1) is 0 Å². The molecule has 1 amide bonds. The van der Waals surface area contributed by atoms with Crippen molar-refractivity contribution in [3.63, 3.8) is 0 Å². The van der Waals surface area contributed by atoms with Crippen LogP contribution in [0.25, 0.3) is 11.5 Å². The molecule has 0 radical (unpaired) electrons. The lowest BCUT2D eigenvalue weighted by Crippen LogP contribution is -2.36. The number of aromatic nitrogens is 5. The van der Waals surface area contributed by atoms with Gasteiger partial charge < -0.3 is 35.2 Å². The van der Waals surface area contributed by atoms with E-state index in [-0.39, 0.29) is 30.4 Å². The maximum Gasteiger partial charge on any atom is 0.266 e. The van der Waals surface area contributed by atoms with Gasteiger partial charge in [-0.2, -0.15) is 9.97 Å². The van der Waals surface area contributed by atoms with Crippen molar-refractivity contribution < 1.29 is 19.2 Å². The number of carbonyl (C=O) groups is 1. The molecule has 13 nitrogen and oxygen atoms in total. The van der Waals surface area contributed by atoms with Crippen molar-refractivity contribution in [1.29, 1.82) is 0 Å². The van der Waals surface area contributed by atoms with Gasteiger partial charge in [0.15, 0.2) is 0 Å². The molecule has 4 aromatic rings. The number of amides is 1. The average Bonchev–Trinajstić information content (AvgIpc) is 3.57. The summed E-state index contributed by atoms with van der Waals surface area (Å²) >= 11 is 0. The van der Waals surface area contributed by atoms with E-state index in [0.29, 0.717) is 60.7 Å². The molecular weight excluding hydrogens is 502 g/mol. The first kappa shape index (κ1) is 24.7. The molecule has 39 heavy (non-hydrogen) atoms. The zero-order chi connectivity index (χ0) is 26.8. The van der Waals surface area contributed by atoms with Crippen LogP contribution in [0, 0.1) is 0 Å². The number of anilines is 4. The molecule has 6 rings (SSSR count). The van der Waals surface area contributed by atoms with E-state index < -0.39 is 6.04 Å². The minimum atomic E-state index is -0.453. The average molecular weight is 530 g/mol. The molecule has 4 N–H and O–H groups in total. The lowest BCUT2D eigenvalue weighted by molar-refractivity contribution is 0.0958. The smallest absolute Gasteiger partial charge is 0.266 e. The van der Waals surface area contributed by atoms with E-state index in [1.54, 1.807) is 18.3 Å². The van der Waals surface area contributed by atoms with Crippen LogP contribution in [0.1, 0.15) is 40.6 Å². The van der Waals surface area contributed by atoms with Crippen LogP contribution in [-0.4, -0.2) is 69.0 Å². The summed E-state index contributed by atoms with van der Waals surface area (Å²) in [5, 5.41) is 23.6. The number of hydrogen-bond donors (Lipinski definition) is 4. The van der Waals surface area contributed by atoms with E-state index in [1.165, 1.54) is 0 Å². The van der Waals surface area contributed by atoms with Crippen LogP contribution in [0.15, 0.2) is 53.2 Å². The minimum Gasteiger partial charge on any atom is -0.394 e. The highest BCUT2D eigenvalue weighted by Crippen LogP contribution is 2.31. The van der Waals surface area contributed by atoms with Gasteiger partial charge in [0.2, 0.25) is 5.95 Å². The Labute approximate surface area is 223 Å². The van der Waals surface area contributed by atoms with Gasteiger partial charge in [0, 0.05) is 19.3 Å². The molecule has 200 valence electrons. The molecule has 2 aliphatic heterocycles. The molecule has 1 aromatic carbocycles. The Morgan fingerprint density at radius 1 is 1.10 bits per heavy atom. The van der Waals surface area contributed by atoms with Crippen LogP contribution >= 0.6 is 0 Å². The molecule has 2 aliphatic rings. The Kier molecular flexibility index (Phi) is 6.73. The van der Waals surface area contributed by atoms with Gasteiger partial charge in [-0.1, -0.05) is 30.3 Å². The van der Waals surface area contributed by atoms with Gasteiger partial charge in [0.05, 0.1) is 43.2 Å². The molecule has 5 heterocycles. The topological polar surface area (TPSA) is 163 Å². The highest BCUT2D eigenvalue weighted by atomic mass is 16.5. The van der Waals surface area contributed by atoms with Gasteiger partial charge in [0.1, 0.15) is 17.2 Å². The number of morpholine rings is 1. The number of nitrogens with one attached hydrogen (secondary N) is 3. The van der Waals surface area contributed by atoms with Crippen LogP contribution in [0.3, 0.4) is 0 Å². The summed E-state index contributed by atoms with van der Waals surface area (Å²) in [6.07, 6.45) is 1.58. The lowest BCUT2D eigenvalue weighted by Gasteiger charge is -2.24. The Bertz CT molecular complexity index is 1470. The number of pyridine rings is 1. The van der Waals surface area contributed by atoms with Gasteiger partial charge >= 0.3 is 0 Å². The Balaban J connectivity index is 1.33. The first-order chi connectivity index (χ1) is 19.1. The van der Waals surface area contributed by atoms with E-state index in [9.17, 15) is 9.90 Å². The SMILES string of the molecule is CC1NC(=O)c2ccc(Nc3ncc(-c4nc(N5CCOCC5)no4)c(N[C@H](CO)c4ccccc4)n3)nc21. The van der Waals surface area contributed by atoms with E-state index in [1.807, 2.05) is 42.2 Å². The van der Waals surface area contributed by atoms with E-state index in [2.05, 4.69) is 41.0 Å². The zero-order valence-corrected chi connectivity index (χ0v) is 21.2. The number of hydrogen-bond acceptors (Lipinski definition) is 12. The van der Waals surface area contributed by atoms with Crippen LogP contribution < -0.4 is 20.9 Å². The van der Waals surface area contributed by atoms with Crippen molar-refractivity contribution in [3.8, 4) is 11.5 Å². The van der Waals surface area contributed by atoms with Gasteiger partial charge in [-0.05, 0) is 29.8 Å². The van der Waals surface area contributed by atoms with Crippen LogP contribution in [-0.2, 0) is 4.74 Å². The third kappa shape index (κ3) is 5.09. The summed E-state index contributed by atoms with van der Waals surface area (Å²) in [6, 6.07) is 12.3. The number of ether oxygens (including phenoxy) is 1. The second kappa shape index (κ2) is 10.6. The number of rotatable bonds is 8. The molecule has 13 heteroatoms. The standard InChI is InChI=1S/C26H27N9O4/c1-15-21-17(23(37)28-15)7-8-20(30-21)31-25-27-13-18(24-33-26(34-39-24)35-9-11-38-12-10-35)22(32-25)29-19(14-36)16-5-3-2-4-6-16/h2-8,13,15,19,36H,9-12,14H2,1H3,(H,28,37)(H2,27,29,30,31,32)/t15?,19-/m1/s1. The van der Waals surface area contributed by atoms with Gasteiger partial charge in [-0.3, -0.25) is 4.79 Å². The molecule has 0 spiro atoms. The monoisotopic (exact) mass is 529 g/mol. The summed E-state index contributed by atoms with van der Waals surface area (Å²) in [7, 11) is 0. The minimum absolute atomic E-state index is 0.143. The lowest BCUT2D eigenvalue weighted by atomic mass is 10.1. The number of aliphatic hydroxyl groups is 1. The number of carbonyl (C=O) groups excluding carboxylic acids is 1. The second-order valence-corrected chi connectivity index (χ2v) is 9.19. The normalized spacial score (nSPS) is 17.4. The summed E-state index contributed by atoms with van der Waals surface area (Å²) in [4.78, 5) is 32.3. The summed E-state index contributed by atoms with van der Waals surface area (Å²) in [5.74, 6) is 1.70. The fourth-order valence-corrected chi connectivity index (χ4v) is 4.53. The van der Waals surface area contributed by atoms with Gasteiger partial charge in [-0.25, -0.2) is 9.97 Å². The molecule has 1 saturated heterocycles. The predicted octanol–water partition coefficient (Wildman–Crippen LogP) is 2.45. The molecular formula is C26H27N9O4. The highest BCUT2D eigenvalue weighted by molar-refractivity contribution is 5.98. The predicted molar refractivity (Wildman–Crippen MR) is 142 cm³/mol. The van der Waals surface area contributed by atoms with E-state index >= 15 is 0 Å². The fourth-order valence-electron chi connectivity index (χ4n) is 4.53. The molecule has 2 atom stereocenters. The Hall–Kier alpha value is -4.62. The number of aliphatic hydroxyl groups excluding tert-OH is 1. The summed E-state index contributed by atoms with van der Waals surface area (Å²) < 4.78 is 11.0. The number of fused-ring (bicyclic) bond motifs is 1. The van der Waals surface area contributed by atoms with Crippen molar-refractivity contribution in [1.82, 2.24) is 30.4 Å². The quantitative estimate of drug-likeness (QED) is 0.264. The molecule has 1 unspecified atom stereocenters.